The van der Waals surface area contributed by atoms with Crippen LogP contribution in [0.1, 0.15) is 22.3 Å². The van der Waals surface area contributed by atoms with Crippen LogP contribution in [0.25, 0.3) is 17.7 Å². The van der Waals surface area contributed by atoms with E-state index in [1.807, 2.05) is 18.3 Å². The minimum atomic E-state index is -0.272. The standard InChI is InChI=1S/C24H14ClN/c25-17-8-7-16-13-22-23(20(16)14-17)26-11-10-24(22)9-3-6-19-18-5-2-1-4-15(18)12-21(19)24/h1-14H. The third kappa shape index (κ3) is 1.69. The molecule has 1 aliphatic heterocycles. The van der Waals surface area contributed by atoms with Crippen LogP contribution in [0.15, 0.2) is 89.1 Å². The first kappa shape index (κ1) is 14.3. The van der Waals surface area contributed by atoms with Crippen molar-refractivity contribution in [3.8, 4) is 0 Å². The molecule has 122 valence electrons. The molecule has 0 aromatic heterocycles. The monoisotopic (exact) mass is 351 g/mol. The second-order valence-corrected chi connectivity index (χ2v) is 7.47. The number of allylic oxidation sites excluding steroid dienone is 7. The van der Waals surface area contributed by atoms with Crippen molar-refractivity contribution in [1.29, 1.82) is 0 Å². The maximum Gasteiger partial charge on any atom is 0.0756 e. The zero-order valence-electron chi connectivity index (χ0n) is 13.9. The summed E-state index contributed by atoms with van der Waals surface area (Å²) in [6, 6.07) is 14.7. The first-order chi connectivity index (χ1) is 12.8. The van der Waals surface area contributed by atoms with Gasteiger partial charge in [-0.25, -0.2) is 0 Å². The van der Waals surface area contributed by atoms with Crippen molar-refractivity contribution in [2.75, 3.05) is 0 Å². The topological polar surface area (TPSA) is 12.4 Å². The number of hydrogen-bond acceptors (Lipinski definition) is 1. The minimum absolute atomic E-state index is 0.272. The molecule has 2 aromatic rings. The summed E-state index contributed by atoms with van der Waals surface area (Å²) < 4.78 is 0. The van der Waals surface area contributed by atoms with E-state index >= 15 is 0 Å². The highest BCUT2D eigenvalue weighted by molar-refractivity contribution is 6.32. The van der Waals surface area contributed by atoms with E-state index in [1.54, 1.807) is 0 Å². The summed E-state index contributed by atoms with van der Waals surface area (Å²) in [6.07, 6.45) is 15.5. The van der Waals surface area contributed by atoms with Gasteiger partial charge in [-0.2, -0.15) is 0 Å². The number of benzene rings is 2. The van der Waals surface area contributed by atoms with Crippen LogP contribution in [0.5, 0.6) is 0 Å². The maximum atomic E-state index is 6.25. The van der Waals surface area contributed by atoms with Gasteiger partial charge in [0.25, 0.3) is 0 Å². The summed E-state index contributed by atoms with van der Waals surface area (Å²) in [5.74, 6) is 0. The summed E-state index contributed by atoms with van der Waals surface area (Å²) >= 11 is 6.25. The lowest BCUT2D eigenvalue weighted by Crippen LogP contribution is -2.28. The molecule has 2 aromatic carbocycles. The highest BCUT2D eigenvalue weighted by Crippen LogP contribution is 2.55. The molecule has 2 heteroatoms. The molecule has 0 saturated carbocycles. The van der Waals surface area contributed by atoms with Gasteiger partial charge < -0.3 is 0 Å². The van der Waals surface area contributed by atoms with Crippen LogP contribution in [0.3, 0.4) is 0 Å². The van der Waals surface area contributed by atoms with E-state index in [0.717, 1.165) is 16.3 Å². The van der Waals surface area contributed by atoms with Gasteiger partial charge in [0.15, 0.2) is 0 Å². The Bertz CT molecular complexity index is 1190. The van der Waals surface area contributed by atoms with E-state index in [4.69, 9.17) is 16.6 Å². The van der Waals surface area contributed by atoms with E-state index in [-0.39, 0.29) is 5.41 Å². The Morgan fingerprint density at radius 2 is 1.69 bits per heavy atom. The van der Waals surface area contributed by atoms with Crippen molar-refractivity contribution in [3.63, 3.8) is 0 Å². The number of hydrogen-bond donors (Lipinski definition) is 0. The molecule has 26 heavy (non-hydrogen) atoms. The molecule has 3 aliphatic carbocycles. The van der Waals surface area contributed by atoms with Gasteiger partial charge in [-0.1, -0.05) is 60.2 Å². The van der Waals surface area contributed by atoms with Gasteiger partial charge in [0.2, 0.25) is 0 Å². The smallest absolute Gasteiger partial charge is 0.0756 e. The molecule has 0 bridgehead atoms. The zero-order chi connectivity index (χ0) is 17.3. The number of halogens is 1. The Morgan fingerprint density at radius 1 is 0.846 bits per heavy atom. The number of rotatable bonds is 0. The molecule has 1 nitrogen and oxygen atoms in total. The Hall–Kier alpha value is -2.90. The maximum absolute atomic E-state index is 6.25. The Labute approximate surface area is 157 Å². The predicted molar refractivity (Wildman–Crippen MR) is 109 cm³/mol. The van der Waals surface area contributed by atoms with Gasteiger partial charge in [-0.05, 0) is 63.8 Å². The third-order valence-corrected chi connectivity index (χ3v) is 5.96. The second-order valence-electron chi connectivity index (χ2n) is 7.04. The van der Waals surface area contributed by atoms with Gasteiger partial charge in [0.1, 0.15) is 0 Å². The summed E-state index contributed by atoms with van der Waals surface area (Å²) in [4.78, 5) is 4.72. The Balaban J connectivity index is 1.58. The largest absolute Gasteiger partial charge is 0.256 e. The molecule has 0 N–H and O–H groups in total. The van der Waals surface area contributed by atoms with Gasteiger partial charge in [-0.3, -0.25) is 4.99 Å². The van der Waals surface area contributed by atoms with Crippen LogP contribution in [-0.2, 0) is 0 Å². The van der Waals surface area contributed by atoms with Crippen LogP contribution in [0.2, 0.25) is 5.02 Å². The molecule has 6 rings (SSSR count). The number of fused-ring (bicyclic) bond motifs is 8. The zero-order valence-corrected chi connectivity index (χ0v) is 14.7. The van der Waals surface area contributed by atoms with Crippen LogP contribution in [0, 0.1) is 5.41 Å². The van der Waals surface area contributed by atoms with Crippen molar-refractivity contribution < 1.29 is 0 Å². The molecule has 0 saturated heterocycles. The van der Waals surface area contributed by atoms with E-state index in [1.165, 1.54) is 33.4 Å². The fourth-order valence-corrected chi connectivity index (χ4v) is 4.71. The lowest BCUT2D eigenvalue weighted by Gasteiger charge is -2.36. The molecule has 1 unspecified atom stereocenters. The normalized spacial score (nSPS) is 23.6. The minimum Gasteiger partial charge on any atom is -0.256 e. The molecule has 0 amide bonds. The van der Waals surface area contributed by atoms with Gasteiger partial charge in [0.05, 0.1) is 11.1 Å². The van der Waals surface area contributed by atoms with Crippen molar-refractivity contribution >= 4 is 35.0 Å². The lowest BCUT2D eigenvalue weighted by atomic mass is 9.67. The molecular weight excluding hydrogens is 338 g/mol. The fraction of sp³-hybridized carbons (Fsp3) is 0.0417. The van der Waals surface area contributed by atoms with E-state index in [0.29, 0.717) is 0 Å². The van der Waals surface area contributed by atoms with Crippen LogP contribution < -0.4 is 0 Å². The molecule has 0 fully saturated rings. The second kappa shape index (κ2) is 4.84. The first-order valence-corrected chi connectivity index (χ1v) is 9.13. The molecule has 1 heterocycles. The van der Waals surface area contributed by atoms with Crippen LogP contribution >= 0.6 is 11.6 Å². The predicted octanol–water partition coefficient (Wildman–Crippen LogP) is 6.09. The Kier molecular flexibility index (Phi) is 2.66. The Morgan fingerprint density at radius 3 is 2.65 bits per heavy atom. The lowest BCUT2D eigenvalue weighted by molar-refractivity contribution is 0.754. The highest BCUT2D eigenvalue weighted by atomic mass is 35.5. The van der Waals surface area contributed by atoms with Crippen molar-refractivity contribution in [3.05, 3.63) is 111 Å². The molecule has 4 aliphatic rings. The number of aliphatic imine (C=N–C) groups is 1. The van der Waals surface area contributed by atoms with E-state index < -0.39 is 0 Å². The average Bonchev–Trinajstić information content (AvgIpc) is 3.22. The van der Waals surface area contributed by atoms with Gasteiger partial charge in [-0.15, -0.1) is 0 Å². The van der Waals surface area contributed by atoms with Gasteiger partial charge in [0, 0.05) is 16.8 Å². The van der Waals surface area contributed by atoms with Crippen molar-refractivity contribution in [1.82, 2.24) is 0 Å². The third-order valence-electron chi connectivity index (χ3n) is 5.72. The van der Waals surface area contributed by atoms with Crippen molar-refractivity contribution in [2.24, 2.45) is 10.4 Å². The van der Waals surface area contributed by atoms with E-state index in [2.05, 4.69) is 66.8 Å². The summed E-state index contributed by atoms with van der Waals surface area (Å²) in [7, 11) is 0. The molecule has 1 atom stereocenters. The molecule has 0 radical (unpaired) electrons. The summed E-state index contributed by atoms with van der Waals surface area (Å²) in [5.41, 5.74) is 9.54. The number of nitrogens with zero attached hydrogens (tertiary/aromatic N) is 1. The molecule has 1 spiro atoms. The summed E-state index contributed by atoms with van der Waals surface area (Å²) in [6.45, 7) is 0. The highest BCUT2D eigenvalue weighted by Gasteiger charge is 2.44. The molecular formula is C24H14ClN. The first-order valence-electron chi connectivity index (χ1n) is 8.76. The van der Waals surface area contributed by atoms with Crippen LogP contribution in [0.4, 0.5) is 0 Å². The van der Waals surface area contributed by atoms with Gasteiger partial charge >= 0.3 is 0 Å². The summed E-state index contributed by atoms with van der Waals surface area (Å²) in [5, 5.41) is 0.747. The van der Waals surface area contributed by atoms with Crippen molar-refractivity contribution in [2.45, 2.75) is 0 Å². The quantitative estimate of drug-likeness (QED) is 0.544. The fourth-order valence-electron chi connectivity index (χ4n) is 4.54. The van der Waals surface area contributed by atoms with E-state index in [9.17, 15) is 0 Å². The average molecular weight is 352 g/mol. The van der Waals surface area contributed by atoms with Crippen LogP contribution in [-0.4, -0.2) is 5.71 Å². The SMILES string of the molecule is Clc1ccc2c(c1)C1=NC=CC3(C=CC=C4C3=Cc3ccccc34)C1=C2.